The summed E-state index contributed by atoms with van der Waals surface area (Å²) in [6.07, 6.45) is 9.67. The van der Waals surface area contributed by atoms with Gasteiger partial charge in [0, 0.05) is 36.9 Å². The molecular formula is C22H21N5O. The molecule has 1 unspecified atom stereocenters. The van der Waals surface area contributed by atoms with Gasteiger partial charge in [0.25, 0.3) is 5.91 Å². The van der Waals surface area contributed by atoms with Crippen molar-refractivity contribution in [2.75, 3.05) is 0 Å². The lowest BCUT2D eigenvalue weighted by molar-refractivity contribution is 0.0934. The maximum atomic E-state index is 13.1. The van der Waals surface area contributed by atoms with Gasteiger partial charge in [-0.3, -0.25) is 4.79 Å². The molecular weight excluding hydrogens is 350 g/mol. The number of imidazole rings is 2. The maximum Gasteiger partial charge on any atom is 0.252 e. The highest BCUT2D eigenvalue weighted by Gasteiger charge is 2.19. The lowest BCUT2D eigenvalue weighted by Crippen LogP contribution is -2.29. The normalized spacial score (nSPS) is 11.9. The number of carbonyl (C=O) groups excluding carboxylic acids is 1. The molecule has 2 aromatic heterocycles. The van der Waals surface area contributed by atoms with Crippen molar-refractivity contribution in [3.05, 3.63) is 96.8 Å². The first-order valence-electron chi connectivity index (χ1n) is 9.21. The summed E-state index contributed by atoms with van der Waals surface area (Å²) >= 11 is 0. The second-order valence-electron chi connectivity index (χ2n) is 6.51. The summed E-state index contributed by atoms with van der Waals surface area (Å²) in [6.45, 7) is 0.764. The summed E-state index contributed by atoms with van der Waals surface area (Å²) in [5.74, 6) is 0.562. The van der Waals surface area contributed by atoms with E-state index < -0.39 is 0 Å². The van der Waals surface area contributed by atoms with E-state index in [1.54, 1.807) is 24.9 Å². The third-order valence-corrected chi connectivity index (χ3v) is 4.67. The summed E-state index contributed by atoms with van der Waals surface area (Å²) in [6, 6.07) is 17.4. The number of amides is 1. The Labute approximate surface area is 163 Å². The third-order valence-electron chi connectivity index (χ3n) is 4.67. The summed E-state index contributed by atoms with van der Waals surface area (Å²) in [5, 5.41) is 3.20. The van der Waals surface area contributed by atoms with Gasteiger partial charge in [0.05, 0.1) is 17.9 Å². The van der Waals surface area contributed by atoms with Crippen LogP contribution in [0.5, 0.6) is 0 Å². The van der Waals surface area contributed by atoms with Crippen molar-refractivity contribution in [1.82, 2.24) is 24.8 Å². The van der Waals surface area contributed by atoms with Crippen LogP contribution in [0.4, 0.5) is 0 Å². The molecule has 28 heavy (non-hydrogen) atoms. The van der Waals surface area contributed by atoms with E-state index in [0.29, 0.717) is 11.4 Å². The molecule has 2 heterocycles. The summed E-state index contributed by atoms with van der Waals surface area (Å²) in [7, 11) is 0. The van der Waals surface area contributed by atoms with Crippen LogP contribution in [0.25, 0.3) is 11.4 Å². The molecule has 1 atom stereocenters. The van der Waals surface area contributed by atoms with Crippen LogP contribution in [0, 0.1) is 0 Å². The highest BCUT2D eigenvalue weighted by Crippen LogP contribution is 2.23. The largest absolute Gasteiger partial charge is 0.345 e. The number of hydrogen-bond acceptors (Lipinski definition) is 3. The summed E-state index contributed by atoms with van der Waals surface area (Å²) < 4.78 is 2.01. The molecule has 0 aliphatic heterocycles. The zero-order chi connectivity index (χ0) is 19.2. The van der Waals surface area contributed by atoms with Crippen LogP contribution in [0.1, 0.15) is 28.4 Å². The van der Waals surface area contributed by atoms with Crippen LogP contribution in [0.15, 0.2) is 85.7 Å². The van der Waals surface area contributed by atoms with Crippen molar-refractivity contribution >= 4 is 5.91 Å². The van der Waals surface area contributed by atoms with E-state index in [2.05, 4.69) is 20.3 Å². The minimum atomic E-state index is -0.119. The maximum absolute atomic E-state index is 13.1. The van der Waals surface area contributed by atoms with Crippen LogP contribution < -0.4 is 5.32 Å². The van der Waals surface area contributed by atoms with E-state index in [1.165, 1.54) is 0 Å². The number of carbonyl (C=O) groups is 1. The Hall–Kier alpha value is -3.67. The number of aromatic nitrogens is 4. The molecule has 0 fully saturated rings. The minimum absolute atomic E-state index is 0.110. The van der Waals surface area contributed by atoms with E-state index in [9.17, 15) is 4.79 Å². The highest BCUT2D eigenvalue weighted by molar-refractivity contribution is 6.00. The quantitative estimate of drug-likeness (QED) is 0.518. The first-order chi connectivity index (χ1) is 13.8. The van der Waals surface area contributed by atoms with Gasteiger partial charge in [-0.2, -0.15) is 0 Å². The van der Waals surface area contributed by atoms with E-state index in [-0.39, 0.29) is 11.9 Å². The molecule has 1 amide bonds. The Morgan fingerprint density at radius 2 is 1.89 bits per heavy atom. The fourth-order valence-corrected chi connectivity index (χ4v) is 3.24. The predicted octanol–water partition coefficient (Wildman–Crippen LogP) is 3.83. The van der Waals surface area contributed by atoms with Crippen molar-refractivity contribution in [1.29, 1.82) is 0 Å². The SMILES string of the molecule is O=C(NC(CCn1ccnc1)c1ccccc1)c1ccccc1-c1ncc[nH]1. The molecule has 2 N–H and O–H groups in total. The molecule has 0 bridgehead atoms. The van der Waals surface area contributed by atoms with Crippen LogP contribution in [0.2, 0.25) is 0 Å². The Morgan fingerprint density at radius 1 is 1.07 bits per heavy atom. The van der Waals surface area contributed by atoms with Crippen LogP contribution in [-0.2, 0) is 6.54 Å². The fourth-order valence-electron chi connectivity index (χ4n) is 3.24. The smallest absolute Gasteiger partial charge is 0.252 e. The minimum Gasteiger partial charge on any atom is -0.345 e. The summed E-state index contributed by atoms with van der Waals surface area (Å²) in [5.41, 5.74) is 2.46. The lowest BCUT2D eigenvalue weighted by atomic mass is 10.0. The Balaban J connectivity index is 1.57. The molecule has 0 saturated heterocycles. The van der Waals surface area contributed by atoms with Gasteiger partial charge in [0.1, 0.15) is 5.82 Å². The Morgan fingerprint density at radius 3 is 2.64 bits per heavy atom. The van der Waals surface area contributed by atoms with Crippen LogP contribution >= 0.6 is 0 Å². The number of nitrogens with one attached hydrogen (secondary N) is 2. The van der Waals surface area contributed by atoms with Crippen molar-refractivity contribution in [3.8, 4) is 11.4 Å². The zero-order valence-electron chi connectivity index (χ0n) is 15.3. The number of hydrogen-bond donors (Lipinski definition) is 2. The average molecular weight is 371 g/mol. The zero-order valence-corrected chi connectivity index (χ0v) is 15.3. The molecule has 0 spiro atoms. The monoisotopic (exact) mass is 371 g/mol. The number of nitrogens with zero attached hydrogens (tertiary/aromatic N) is 3. The summed E-state index contributed by atoms with van der Waals surface area (Å²) in [4.78, 5) is 24.6. The molecule has 0 saturated carbocycles. The average Bonchev–Trinajstić information content (AvgIpc) is 3.46. The van der Waals surface area contributed by atoms with E-state index in [0.717, 1.165) is 24.1 Å². The van der Waals surface area contributed by atoms with Crippen LogP contribution in [-0.4, -0.2) is 25.4 Å². The molecule has 4 rings (SSSR count). The molecule has 6 nitrogen and oxygen atoms in total. The van der Waals surface area contributed by atoms with Gasteiger partial charge in [-0.05, 0) is 18.1 Å². The first kappa shape index (κ1) is 17.7. The number of H-pyrrole nitrogens is 1. The van der Waals surface area contributed by atoms with Crippen molar-refractivity contribution in [2.45, 2.75) is 19.0 Å². The second-order valence-corrected chi connectivity index (χ2v) is 6.51. The predicted molar refractivity (Wildman–Crippen MR) is 108 cm³/mol. The van der Waals surface area contributed by atoms with Crippen molar-refractivity contribution in [3.63, 3.8) is 0 Å². The number of aryl methyl sites for hydroxylation is 1. The van der Waals surface area contributed by atoms with Gasteiger partial charge < -0.3 is 14.9 Å². The molecule has 0 aliphatic rings. The number of aromatic amines is 1. The number of rotatable bonds is 7. The molecule has 140 valence electrons. The van der Waals surface area contributed by atoms with Gasteiger partial charge in [-0.15, -0.1) is 0 Å². The van der Waals surface area contributed by atoms with Crippen molar-refractivity contribution < 1.29 is 4.79 Å². The van der Waals surface area contributed by atoms with Gasteiger partial charge in [0.15, 0.2) is 0 Å². The van der Waals surface area contributed by atoms with E-state index >= 15 is 0 Å². The Kier molecular flexibility index (Phi) is 5.29. The van der Waals surface area contributed by atoms with Gasteiger partial charge in [-0.1, -0.05) is 48.5 Å². The molecule has 2 aromatic carbocycles. The first-order valence-corrected chi connectivity index (χ1v) is 9.21. The van der Waals surface area contributed by atoms with E-state index in [4.69, 9.17) is 0 Å². The van der Waals surface area contributed by atoms with Gasteiger partial charge >= 0.3 is 0 Å². The fraction of sp³-hybridized carbons (Fsp3) is 0.136. The van der Waals surface area contributed by atoms with Crippen LogP contribution in [0.3, 0.4) is 0 Å². The standard InChI is InChI=1S/C22H21N5O/c28-22(19-9-5-4-8-18(19)21-24-11-12-25-21)26-20(17-6-2-1-3-7-17)10-14-27-15-13-23-16-27/h1-9,11-13,15-16,20H,10,14H2,(H,24,25)(H,26,28). The van der Waals surface area contributed by atoms with Gasteiger partial charge in [0.2, 0.25) is 0 Å². The third kappa shape index (κ3) is 4.01. The van der Waals surface area contributed by atoms with E-state index in [1.807, 2.05) is 65.4 Å². The second kappa shape index (κ2) is 8.35. The topological polar surface area (TPSA) is 75.6 Å². The molecule has 0 aliphatic carbocycles. The lowest BCUT2D eigenvalue weighted by Gasteiger charge is -2.20. The molecule has 6 heteroatoms. The Bertz CT molecular complexity index is 1010. The highest BCUT2D eigenvalue weighted by atomic mass is 16.1. The molecule has 4 aromatic rings. The van der Waals surface area contributed by atoms with Gasteiger partial charge in [-0.25, -0.2) is 9.97 Å². The van der Waals surface area contributed by atoms with Crippen molar-refractivity contribution in [2.24, 2.45) is 0 Å². The molecule has 0 radical (unpaired) electrons. The number of benzene rings is 2.